The SMILES string of the molecule is CC(C)C(N)C(=O)NCCOC(=O)CC(=O)c1cc2c(o1)C(=O)c1ccccc1C2=O. The van der Waals surface area contributed by atoms with Crippen LogP contribution in [0.5, 0.6) is 0 Å². The Morgan fingerprint density at radius 1 is 1.06 bits per heavy atom. The monoisotopic (exact) mass is 426 g/mol. The second-order valence-electron chi connectivity index (χ2n) is 7.44. The fraction of sp³-hybridized carbons (Fsp3) is 0.318. The molecule has 0 radical (unpaired) electrons. The van der Waals surface area contributed by atoms with E-state index < -0.39 is 35.8 Å². The maximum absolute atomic E-state index is 12.6. The minimum Gasteiger partial charge on any atom is -0.463 e. The van der Waals surface area contributed by atoms with Crippen LogP contribution in [0.15, 0.2) is 34.7 Å². The van der Waals surface area contributed by atoms with Crippen molar-refractivity contribution in [3.8, 4) is 0 Å². The highest BCUT2D eigenvalue weighted by atomic mass is 16.5. The van der Waals surface area contributed by atoms with Crippen LogP contribution in [0.4, 0.5) is 0 Å². The van der Waals surface area contributed by atoms with Crippen molar-refractivity contribution in [1.29, 1.82) is 0 Å². The van der Waals surface area contributed by atoms with Gasteiger partial charge in [-0.15, -0.1) is 0 Å². The van der Waals surface area contributed by atoms with Gasteiger partial charge in [-0.3, -0.25) is 24.0 Å². The number of hydrogen-bond acceptors (Lipinski definition) is 8. The van der Waals surface area contributed by atoms with Gasteiger partial charge in [-0.2, -0.15) is 0 Å². The zero-order valence-electron chi connectivity index (χ0n) is 17.1. The molecule has 1 unspecified atom stereocenters. The number of furan rings is 1. The highest BCUT2D eigenvalue weighted by Gasteiger charge is 2.34. The standard InChI is InChI=1S/C22H22N2O7/c1-11(2)18(23)22(29)24-7-8-30-17(26)10-15(25)16-9-14-19(27)12-5-3-4-6-13(12)20(28)21(14)31-16/h3-6,9,11,18H,7-8,10,23H2,1-2H3,(H,24,29). The van der Waals surface area contributed by atoms with E-state index >= 15 is 0 Å². The maximum atomic E-state index is 12.6. The second-order valence-corrected chi connectivity index (χ2v) is 7.44. The van der Waals surface area contributed by atoms with E-state index in [1.165, 1.54) is 18.2 Å². The summed E-state index contributed by atoms with van der Waals surface area (Å²) in [6.07, 6.45) is -0.638. The van der Waals surface area contributed by atoms with Gasteiger partial charge in [0, 0.05) is 11.1 Å². The summed E-state index contributed by atoms with van der Waals surface area (Å²) < 4.78 is 10.2. The highest BCUT2D eigenvalue weighted by molar-refractivity contribution is 6.28. The molecule has 9 heteroatoms. The van der Waals surface area contributed by atoms with Crippen LogP contribution >= 0.6 is 0 Å². The van der Waals surface area contributed by atoms with Gasteiger partial charge < -0.3 is 20.2 Å². The van der Waals surface area contributed by atoms with Crippen molar-refractivity contribution in [3.63, 3.8) is 0 Å². The summed E-state index contributed by atoms with van der Waals surface area (Å²) in [5, 5.41) is 2.54. The lowest BCUT2D eigenvalue weighted by Gasteiger charge is -2.15. The molecule has 0 spiro atoms. The molecule has 1 aromatic heterocycles. The normalized spacial score (nSPS) is 13.4. The lowest BCUT2D eigenvalue weighted by atomic mass is 9.88. The van der Waals surface area contributed by atoms with Crippen LogP contribution in [0.3, 0.4) is 0 Å². The number of Topliss-reactive ketones (excluding diaryl/α,β-unsaturated/α-hetero) is 1. The minimum atomic E-state index is -0.831. The van der Waals surface area contributed by atoms with Crippen LogP contribution < -0.4 is 11.1 Å². The van der Waals surface area contributed by atoms with Gasteiger partial charge in [0.05, 0.1) is 18.2 Å². The van der Waals surface area contributed by atoms with E-state index in [2.05, 4.69) is 5.32 Å². The van der Waals surface area contributed by atoms with Crippen LogP contribution in [0.2, 0.25) is 0 Å². The van der Waals surface area contributed by atoms with Gasteiger partial charge in [0.25, 0.3) is 0 Å². The summed E-state index contributed by atoms with van der Waals surface area (Å²) in [4.78, 5) is 61.1. The fourth-order valence-electron chi connectivity index (χ4n) is 3.04. The summed E-state index contributed by atoms with van der Waals surface area (Å²) in [5.41, 5.74) is 6.12. The number of fused-ring (bicyclic) bond motifs is 2. The number of nitrogens with one attached hydrogen (secondary N) is 1. The first-order chi connectivity index (χ1) is 14.7. The van der Waals surface area contributed by atoms with E-state index in [0.29, 0.717) is 0 Å². The third-order valence-corrected chi connectivity index (χ3v) is 4.86. The molecule has 31 heavy (non-hydrogen) atoms. The summed E-state index contributed by atoms with van der Waals surface area (Å²) >= 11 is 0. The molecule has 1 aromatic carbocycles. The minimum absolute atomic E-state index is 0.00961. The van der Waals surface area contributed by atoms with Crippen LogP contribution in [-0.4, -0.2) is 48.4 Å². The van der Waals surface area contributed by atoms with Crippen molar-refractivity contribution in [1.82, 2.24) is 5.32 Å². The zero-order valence-corrected chi connectivity index (χ0v) is 17.1. The van der Waals surface area contributed by atoms with Gasteiger partial charge in [0.2, 0.25) is 17.5 Å². The fourth-order valence-corrected chi connectivity index (χ4v) is 3.04. The van der Waals surface area contributed by atoms with Crippen LogP contribution in [0.25, 0.3) is 0 Å². The topological polar surface area (TPSA) is 146 Å². The molecule has 0 aliphatic heterocycles. The molecule has 0 saturated carbocycles. The average molecular weight is 426 g/mol. The van der Waals surface area contributed by atoms with E-state index in [0.717, 1.165) is 0 Å². The first-order valence-electron chi connectivity index (χ1n) is 9.75. The van der Waals surface area contributed by atoms with Gasteiger partial charge in [-0.05, 0) is 12.0 Å². The molecule has 1 atom stereocenters. The zero-order chi connectivity index (χ0) is 22.7. The molecule has 1 aliphatic carbocycles. The molecule has 0 fully saturated rings. The van der Waals surface area contributed by atoms with E-state index in [9.17, 15) is 24.0 Å². The molecule has 162 valence electrons. The molecule has 1 heterocycles. The van der Waals surface area contributed by atoms with Gasteiger partial charge >= 0.3 is 5.97 Å². The van der Waals surface area contributed by atoms with Crippen LogP contribution in [0, 0.1) is 5.92 Å². The smallest absolute Gasteiger partial charge is 0.313 e. The summed E-state index contributed by atoms with van der Waals surface area (Å²) in [6.45, 7) is 3.53. The highest BCUT2D eigenvalue weighted by Crippen LogP contribution is 2.30. The Labute approximate surface area is 177 Å². The van der Waals surface area contributed by atoms with Crippen molar-refractivity contribution in [2.45, 2.75) is 26.3 Å². The molecule has 2 aromatic rings. The Bertz CT molecular complexity index is 1020. The number of ether oxygens (including phenoxy) is 1. The van der Waals surface area contributed by atoms with Crippen molar-refractivity contribution in [2.24, 2.45) is 11.7 Å². The number of rotatable bonds is 8. The number of benzene rings is 1. The molecular formula is C22H22N2O7. The van der Waals surface area contributed by atoms with Gasteiger partial charge in [-0.25, -0.2) is 0 Å². The Kier molecular flexibility index (Phi) is 6.45. The number of amides is 1. The van der Waals surface area contributed by atoms with Crippen molar-refractivity contribution < 1.29 is 33.1 Å². The third-order valence-electron chi connectivity index (χ3n) is 4.86. The number of esters is 1. The summed E-state index contributed by atoms with van der Waals surface area (Å²) in [6, 6.07) is 6.80. The Balaban J connectivity index is 1.56. The number of hydrogen-bond donors (Lipinski definition) is 2. The van der Waals surface area contributed by atoms with E-state index in [-0.39, 0.29) is 53.2 Å². The Hall–Kier alpha value is -3.59. The Morgan fingerprint density at radius 3 is 2.35 bits per heavy atom. The molecule has 1 aliphatic rings. The number of ketones is 3. The molecule has 0 saturated heterocycles. The molecule has 1 amide bonds. The third kappa shape index (κ3) is 4.61. The molecule has 0 bridgehead atoms. The van der Waals surface area contributed by atoms with E-state index in [1.807, 2.05) is 13.8 Å². The molecule has 3 N–H and O–H groups in total. The lowest BCUT2D eigenvalue weighted by Crippen LogP contribution is -2.44. The maximum Gasteiger partial charge on any atom is 0.313 e. The van der Waals surface area contributed by atoms with E-state index in [4.69, 9.17) is 14.9 Å². The number of carbonyl (C=O) groups excluding carboxylic acids is 5. The average Bonchev–Trinajstić information content (AvgIpc) is 3.20. The molecule has 3 rings (SSSR count). The largest absolute Gasteiger partial charge is 0.463 e. The second kappa shape index (κ2) is 9.05. The van der Waals surface area contributed by atoms with Gasteiger partial charge in [0.1, 0.15) is 13.0 Å². The number of nitrogens with two attached hydrogens (primary N) is 1. The quantitative estimate of drug-likeness (QED) is 0.237. The summed E-state index contributed by atoms with van der Waals surface area (Å²) in [5.74, 6) is -3.37. The van der Waals surface area contributed by atoms with E-state index in [1.54, 1.807) is 12.1 Å². The predicted octanol–water partition coefficient (Wildman–Crippen LogP) is 1.27. The predicted molar refractivity (Wildman–Crippen MR) is 108 cm³/mol. The van der Waals surface area contributed by atoms with Crippen LogP contribution in [0.1, 0.15) is 62.9 Å². The first kappa shape index (κ1) is 22.1. The lowest BCUT2D eigenvalue weighted by molar-refractivity contribution is -0.142. The van der Waals surface area contributed by atoms with Crippen LogP contribution in [-0.2, 0) is 14.3 Å². The van der Waals surface area contributed by atoms with Crippen molar-refractivity contribution in [3.05, 3.63) is 58.5 Å². The molecule has 9 nitrogen and oxygen atoms in total. The Morgan fingerprint density at radius 2 is 1.71 bits per heavy atom. The van der Waals surface area contributed by atoms with Gasteiger partial charge in [-0.1, -0.05) is 38.1 Å². The number of carbonyl (C=O) groups is 5. The molecular weight excluding hydrogens is 404 g/mol. The van der Waals surface area contributed by atoms with Crippen molar-refractivity contribution in [2.75, 3.05) is 13.2 Å². The first-order valence-corrected chi connectivity index (χ1v) is 9.75. The van der Waals surface area contributed by atoms with Gasteiger partial charge in [0.15, 0.2) is 17.3 Å². The summed E-state index contributed by atoms with van der Waals surface area (Å²) in [7, 11) is 0. The van der Waals surface area contributed by atoms with Crippen molar-refractivity contribution >= 4 is 29.2 Å².